The zero-order chi connectivity index (χ0) is 15.2. The van der Waals surface area contributed by atoms with Gasteiger partial charge in [-0.2, -0.15) is 0 Å². The average Bonchev–Trinajstić information content (AvgIpc) is 2.48. The monoisotopic (exact) mass is 289 g/mol. The van der Waals surface area contributed by atoms with E-state index in [4.69, 9.17) is 9.47 Å². The lowest BCUT2D eigenvalue weighted by Gasteiger charge is -2.05. The van der Waals surface area contributed by atoms with E-state index in [1.807, 2.05) is 0 Å². The molecule has 0 saturated heterocycles. The highest BCUT2D eigenvalue weighted by atomic mass is 16.6. The summed E-state index contributed by atoms with van der Waals surface area (Å²) < 4.78 is 10.1. The van der Waals surface area contributed by atoms with Crippen LogP contribution in [0.25, 0.3) is 0 Å². The summed E-state index contributed by atoms with van der Waals surface area (Å²) in [6.07, 6.45) is 2.57. The van der Waals surface area contributed by atoms with Crippen molar-refractivity contribution in [1.29, 1.82) is 0 Å². The van der Waals surface area contributed by atoms with Crippen LogP contribution in [0.5, 0.6) is 11.6 Å². The van der Waals surface area contributed by atoms with Crippen molar-refractivity contribution >= 4 is 11.8 Å². The number of pyridine rings is 2. The molecule has 0 saturated carbocycles. The lowest BCUT2D eigenvalue weighted by Crippen LogP contribution is -2.05. The van der Waals surface area contributed by atoms with Crippen molar-refractivity contribution in [3.8, 4) is 11.6 Å². The van der Waals surface area contributed by atoms with E-state index in [1.54, 1.807) is 6.92 Å². The predicted molar refractivity (Wildman–Crippen MR) is 71.2 cm³/mol. The Bertz CT molecular complexity index is 657. The zero-order valence-electron chi connectivity index (χ0n) is 11.1. The molecule has 2 aromatic rings. The molecule has 2 aromatic heterocycles. The maximum atomic E-state index is 11.5. The molecule has 0 bridgehead atoms. The van der Waals surface area contributed by atoms with Crippen LogP contribution in [-0.4, -0.2) is 27.5 Å². The molecule has 0 N–H and O–H groups in total. The summed E-state index contributed by atoms with van der Waals surface area (Å²) >= 11 is 0. The smallest absolute Gasteiger partial charge is 0.406 e. The molecule has 108 valence electrons. The summed E-state index contributed by atoms with van der Waals surface area (Å²) in [6.45, 7) is 1.96. The first kappa shape index (κ1) is 14.4. The van der Waals surface area contributed by atoms with Gasteiger partial charge in [0, 0.05) is 12.3 Å². The molecule has 0 amide bonds. The molecular formula is C13H11N3O5. The van der Waals surface area contributed by atoms with E-state index in [9.17, 15) is 14.9 Å². The van der Waals surface area contributed by atoms with Crippen LogP contribution in [0.2, 0.25) is 0 Å². The van der Waals surface area contributed by atoms with Crippen LogP contribution in [0.3, 0.4) is 0 Å². The second-order valence-electron chi connectivity index (χ2n) is 3.79. The van der Waals surface area contributed by atoms with Crippen LogP contribution in [0.1, 0.15) is 17.3 Å². The maximum Gasteiger partial charge on any atom is 0.406 e. The lowest BCUT2D eigenvalue weighted by atomic mass is 10.3. The molecule has 0 fully saturated rings. The van der Waals surface area contributed by atoms with Gasteiger partial charge in [-0.15, -0.1) is 0 Å². The van der Waals surface area contributed by atoms with E-state index in [2.05, 4.69) is 9.97 Å². The topological polar surface area (TPSA) is 104 Å². The molecule has 21 heavy (non-hydrogen) atoms. The molecule has 8 nitrogen and oxygen atoms in total. The van der Waals surface area contributed by atoms with Crippen LogP contribution in [0.4, 0.5) is 5.82 Å². The van der Waals surface area contributed by atoms with Gasteiger partial charge in [-0.3, -0.25) is 0 Å². The molecule has 0 aliphatic rings. The minimum absolute atomic E-state index is 0.0288. The van der Waals surface area contributed by atoms with Crippen molar-refractivity contribution in [3.63, 3.8) is 0 Å². The third-order valence-corrected chi connectivity index (χ3v) is 2.39. The van der Waals surface area contributed by atoms with Gasteiger partial charge >= 0.3 is 11.8 Å². The minimum atomic E-state index is -0.650. The third-order valence-electron chi connectivity index (χ3n) is 2.39. The highest BCUT2D eigenvalue weighted by Crippen LogP contribution is 2.27. The Labute approximate surface area is 119 Å². The van der Waals surface area contributed by atoms with E-state index in [0.29, 0.717) is 0 Å². The Morgan fingerprint density at radius 3 is 2.76 bits per heavy atom. The van der Waals surface area contributed by atoms with Crippen molar-refractivity contribution < 1.29 is 19.2 Å². The first-order valence-electron chi connectivity index (χ1n) is 6.02. The number of aromatic nitrogens is 2. The van der Waals surface area contributed by atoms with Gasteiger partial charge < -0.3 is 19.6 Å². The van der Waals surface area contributed by atoms with Crippen LogP contribution in [0.15, 0.2) is 36.7 Å². The highest BCUT2D eigenvalue weighted by Gasteiger charge is 2.17. The summed E-state index contributed by atoms with van der Waals surface area (Å²) in [6, 6.07) is 5.80. The third kappa shape index (κ3) is 3.50. The molecule has 0 aromatic carbocycles. The number of rotatable bonds is 5. The van der Waals surface area contributed by atoms with E-state index < -0.39 is 16.7 Å². The molecular weight excluding hydrogens is 278 g/mol. The first-order valence-corrected chi connectivity index (χ1v) is 6.02. The molecule has 0 atom stereocenters. The van der Waals surface area contributed by atoms with Crippen LogP contribution in [0, 0.1) is 10.1 Å². The summed E-state index contributed by atoms with van der Waals surface area (Å²) in [7, 11) is 0. The standard InChI is InChI=1S/C13H11N3O5/c1-2-20-13(17)9-5-6-11(15-8-9)21-10-4-3-7-14-12(10)16(18)19/h3-8H,2H2,1H3. The van der Waals surface area contributed by atoms with Gasteiger partial charge in [-0.05, 0) is 35.0 Å². The van der Waals surface area contributed by atoms with Crippen molar-refractivity contribution in [2.24, 2.45) is 0 Å². The van der Waals surface area contributed by atoms with Gasteiger partial charge in [0.1, 0.15) is 6.20 Å². The van der Waals surface area contributed by atoms with Crippen LogP contribution >= 0.6 is 0 Å². The lowest BCUT2D eigenvalue weighted by molar-refractivity contribution is -0.390. The van der Waals surface area contributed by atoms with Gasteiger partial charge in [0.25, 0.3) is 0 Å². The molecule has 2 heterocycles. The Balaban J connectivity index is 2.18. The van der Waals surface area contributed by atoms with E-state index in [0.717, 1.165) is 0 Å². The van der Waals surface area contributed by atoms with E-state index in [-0.39, 0.29) is 23.8 Å². The molecule has 0 aliphatic heterocycles. The fourth-order valence-corrected chi connectivity index (χ4v) is 1.49. The largest absolute Gasteiger partial charge is 0.462 e. The number of nitrogens with zero attached hydrogens (tertiary/aromatic N) is 3. The maximum absolute atomic E-state index is 11.5. The van der Waals surface area contributed by atoms with Crippen molar-refractivity contribution in [3.05, 3.63) is 52.3 Å². The minimum Gasteiger partial charge on any atom is -0.462 e. The number of hydrogen-bond acceptors (Lipinski definition) is 7. The number of hydrogen-bond donors (Lipinski definition) is 0. The number of nitro groups is 1. The Kier molecular flexibility index (Phi) is 4.39. The van der Waals surface area contributed by atoms with E-state index in [1.165, 1.54) is 36.7 Å². The summed E-state index contributed by atoms with van der Waals surface area (Å²) in [5, 5.41) is 10.8. The first-order chi connectivity index (χ1) is 10.1. The molecule has 0 aliphatic carbocycles. The second-order valence-corrected chi connectivity index (χ2v) is 3.79. The number of esters is 1. The number of carbonyl (C=O) groups excluding carboxylic acids is 1. The van der Waals surface area contributed by atoms with Gasteiger partial charge in [0.05, 0.1) is 12.2 Å². The quantitative estimate of drug-likeness (QED) is 0.472. The van der Waals surface area contributed by atoms with Crippen LogP contribution < -0.4 is 4.74 Å². The van der Waals surface area contributed by atoms with Gasteiger partial charge in [0.15, 0.2) is 0 Å². The van der Waals surface area contributed by atoms with Gasteiger partial charge in [0.2, 0.25) is 11.6 Å². The molecule has 0 radical (unpaired) electrons. The Morgan fingerprint density at radius 2 is 2.14 bits per heavy atom. The second kappa shape index (κ2) is 6.42. The van der Waals surface area contributed by atoms with Crippen molar-refractivity contribution in [1.82, 2.24) is 9.97 Å². The predicted octanol–water partition coefficient (Wildman–Crippen LogP) is 2.35. The number of carbonyl (C=O) groups is 1. The normalized spacial score (nSPS) is 9.95. The average molecular weight is 289 g/mol. The summed E-state index contributed by atoms with van der Waals surface area (Å²) in [5.74, 6) is -0.823. The molecule has 0 spiro atoms. The summed E-state index contributed by atoms with van der Waals surface area (Å²) in [5.41, 5.74) is 0.268. The zero-order valence-corrected chi connectivity index (χ0v) is 11.1. The van der Waals surface area contributed by atoms with Crippen molar-refractivity contribution in [2.75, 3.05) is 6.61 Å². The number of ether oxygens (including phenoxy) is 2. The fraction of sp³-hybridized carbons (Fsp3) is 0.154. The fourth-order valence-electron chi connectivity index (χ4n) is 1.49. The van der Waals surface area contributed by atoms with Gasteiger partial charge in [-0.1, -0.05) is 0 Å². The SMILES string of the molecule is CCOC(=O)c1ccc(Oc2cccnc2[N+](=O)[O-])nc1. The molecule has 8 heteroatoms. The molecule has 0 unspecified atom stereocenters. The van der Waals surface area contributed by atoms with Gasteiger partial charge in [-0.25, -0.2) is 9.78 Å². The summed E-state index contributed by atoms with van der Waals surface area (Å²) in [4.78, 5) is 29.1. The van der Waals surface area contributed by atoms with E-state index >= 15 is 0 Å². The van der Waals surface area contributed by atoms with Crippen LogP contribution in [-0.2, 0) is 4.74 Å². The molecule has 2 rings (SSSR count). The Morgan fingerprint density at radius 1 is 1.33 bits per heavy atom. The Hall–Kier alpha value is -3.03. The highest BCUT2D eigenvalue weighted by molar-refractivity contribution is 5.89. The van der Waals surface area contributed by atoms with Crippen molar-refractivity contribution in [2.45, 2.75) is 6.92 Å².